The van der Waals surface area contributed by atoms with Crippen molar-refractivity contribution in [2.75, 3.05) is 13.2 Å². The maximum absolute atomic E-state index is 12.8. The summed E-state index contributed by atoms with van der Waals surface area (Å²) in [5.74, 6) is -1.10. The van der Waals surface area contributed by atoms with Crippen LogP contribution >= 0.6 is 7.82 Å². The third-order valence-corrected chi connectivity index (χ3v) is 12.1. The molecule has 0 saturated heterocycles. The number of rotatable bonds is 39. The van der Waals surface area contributed by atoms with E-state index in [2.05, 4.69) is 26.0 Å². The number of aliphatic hydroxyl groups is 5. The molecule has 0 aromatic rings. The topological polar surface area (TPSA) is 210 Å². The highest BCUT2D eigenvalue weighted by Gasteiger charge is 2.51. The number of hydrogen-bond acceptors (Lipinski definition) is 12. The van der Waals surface area contributed by atoms with E-state index >= 15 is 0 Å². The normalized spacial score (nSPS) is 22.4. The van der Waals surface area contributed by atoms with Crippen LogP contribution in [0.5, 0.6) is 0 Å². The Bertz CT molecular complexity index is 1090. The first-order chi connectivity index (χ1) is 28.4. The van der Waals surface area contributed by atoms with Gasteiger partial charge in [-0.25, -0.2) is 4.57 Å². The van der Waals surface area contributed by atoms with E-state index < -0.39 is 75.7 Å². The van der Waals surface area contributed by atoms with Gasteiger partial charge >= 0.3 is 19.8 Å². The first kappa shape index (κ1) is 55.6. The minimum Gasteiger partial charge on any atom is -0.462 e. The number of allylic oxidation sites excluding steroid dienone is 2. The van der Waals surface area contributed by atoms with Crippen LogP contribution in [0.2, 0.25) is 0 Å². The summed E-state index contributed by atoms with van der Waals surface area (Å²) in [7, 11) is -5.11. The maximum Gasteiger partial charge on any atom is 0.472 e. The van der Waals surface area contributed by atoms with Crippen molar-refractivity contribution in [3.05, 3.63) is 12.2 Å². The lowest BCUT2D eigenvalue weighted by Crippen LogP contribution is -2.64. The van der Waals surface area contributed by atoms with Crippen molar-refractivity contribution in [1.29, 1.82) is 0 Å². The lowest BCUT2D eigenvalue weighted by atomic mass is 9.85. The van der Waals surface area contributed by atoms with E-state index in [9.17, 15) is 44.6 Å². The van der Waals surface area contributed by atoms with E-state index in [0.717, 1.165) is 57.8 Å². The van der Waals surface area contributed by atoms with E-state index in [0.29, 0.717) is 12.8 Å². The van der Waals surface area contributed by atoms with E-state index in [1.165, 1.54) is 109 Å². The smallest absolute Gasteiger partial charge is 0.462 e. The highest BCUT2D eigenvalue weighted by Crippen LogP contribution is 2.47. The lowest BCUT2D eigenvalue weighted by molar-refractivity contribution is -0.220. The maximum atomic E-state index is 12.8. The van der Waals surface area contributed by atoms with Gasteiger partial charge in [-0.05, 0) is 38.5 Å². The van der Waals surface area contributed by atoms with Gasteiger partial charge in [0.1, 0.15) is 43.2 Å². The van der Waals surface area contributed by atoms with Crippen molar-refractivity contribution in [3.63, 3.8) is 0 Å². The van der Waals surface area contributed by atoms with Crippen LogP contribution in [0, 0.1) is 0 Å². The molecule has 6 unspecified atom stereocenters. The molecule has 348 valence electrons. The van der Waals surface area contributed by atoms with Gasteiger partial charge in [0.25, 0.3) is 0 Å². The molecule has 8 atom stereocenters. The number of aliphatic hydroxyl groups excluding tert-OH is 5. The summed E-state index contributed by atoms with van der Waals surface area (Å²) in [6.07, 6.45) is 24.1. The van der Waals surface area contributed by atoms with Crippen molar-refractivity contribution in [3.8, 4) is 0 Å². The van der Waals surface area contributed by atoms with Crippen molar-refractivity contribution in [2.24, 2.45) is 0 Å². The zero-order chi connectivity index (χ0) is 43.6. The van der Waals surface area contributed by atoms with Gasteiger partial charge in [0.05, 0.1) is 6.61 Å². The fourth-order valence-electron chi connectivity index (χ4n) is 7.28. The van der Waals surface area contributed by atoms with Crippen molar-refractivity contribution in [1.82, 2.24) is 0 Å². The quantitative estimate of drug-likeness (QED) is 0.0148. The van der Waals surface area contributed by atoms with Gasteiger partial charge in [-0.2, -0.15) is 0 Å². The molecule has 0 spiro atoms. The summed E-state index contributed by atoms with van der Waals surface area (Å²) in [6, 6.07) is 0. The van der Waals surface area contributed by atoms with E-state index in [1.54, 1.807) is 0 Å². The fraction of sp³-hybridized carbons (Fsp3) is 0.911. The molecule has 0 aromatic heterocycles. The van der Waals surface area contributed by atoms with Gasteiger partial charge in [-0.15, -0.1) is 0 Å². The number of hydrogen-bond donors (Lipinski definition) is 6. The average molecular weight is 865 g/mol. The van der Waals surface area contributed by atoms with Crippen LogP contribution in [0.1, 0.15) is 206 Å². The second kappa shape index (κ2) is 36.1. The number of unbranched alkanes of at least 4 members (excludes halogenated alkanes) is 25. The molecule has 0 aliphatic heterocycles. The van der Waals surface area contributed by atoms with Crippen LogP contribution in [0.4, 0.5) is 0 Å². The van der Waals surface area contributed by atoms with Gasteiger partial charge in [0.2, 0.25) is 0 Å². The zero-order valence-corrected chi connectivity index (χ0v) is 37.7. The Labute approximate surface area is 356 Å². The number of ether oxygens (including phenoxy) is 2. The Morgan fingerprint density at radius 1 is 0.508 bits per heavy atom. The largest absolute Gasteiger partial charge is 0.472 e. The fourth-order valence-corrected chi connectivity index (χ4v) is 8.26. The molecule has 6 N–H and O–H groups in total. The molecule has 59 heavy (non-hydrogen) atoms. The number of carbonyl (C=O) groups is 2. The first-order valence-corrected chi connectivity index (χ1v) is 25.0. The van der Waals surface area contributed by atoms with Crippen molar-refractivity contribution in [2.45, 2.75) is 249 Å². The van der Waals surface area contributed by atoms with Crippen LogP contribution < -0.4 is 0 Å². The third kappa shape index (κ3) is 28.7. The van der Waals surface area contributed by atoms with Crippen molar-refractivity contribution < 1.29 is 63.1 Å². The third-order valence-electron chi connectivity index (χ3n) is 11.1. The summed E-state index contributed by atoms with van der Waals surface area (Å²) in [5, 5.41) is 50.1. The second-order valence-electron chi connectivity index (χ2n) is 16.6. The number of carbonyl (C=O) groups excluding carboxylic acids is 2. The van der Waals surface area contributed by atoms with Crippen LogP contribution in [0.3, 0.4) is 0 Å². The van der Waals surface area contributed by atoms with Gasteiger partial charge in [0.15, 0.2) is 6.10 Å². The van der Waals surface area contributed by atoms with Crippen LogP contribution in [-0.4, -0.2) is 98.3 Å². The van der Waals surface area contributed by atoms with Gasteiger partial charge < -0.3 is 39.9 Å². The molecule has 13 nitrogen and oxygen atoms in total. The molecular weight excluding hydrogens is 779 g/mol. The number of esters is 2. The Kier molecular flexibility index (Phi) is 34.0. The average Bonchev–Trinajstić information content (AvgIpc) is 3.21. The van der Waals surface area contributed by atoms with Gasteiger partial charge in [0, 0.05) is 12.8 Å². The highest BCUT2D eigenvalue weighted by atomic mass is 31.2. The monoisotopic (exact) mass is 865 g/mol. The predicted molar refractivity (Wildman–Crippen MR) is 231 cm³/mol. The summed E-state index contributed by atoms with van der Waals surface area (Å²) in [6.45, 7) is 3.30. The number of phosphoric ester groups is 1. The van der Waals surface area contributed by atoms with Crippen LogP contribution in [0.25, 0.3) is 0 Å². The molecule has 1 aliphatic rings. The predicted octanol–water partition coefficient (Wildman–Crippen LogP) is 9.06. The first-order valence-electron chi connectivity index (χ1n) is 23.5. The van der Waals surface area contributed by atoms with Crippen LogP contribution in [0.15, 0.2) is 12.2 Å². The Balaban J connectivity index is 2.45. The van der Waals surface area contributed by atoms with E-state index in [-0.39, 0.29) is 12.8 Å². The molecule has 0 aromatic carbocycles. The zero-order valence-electron chi connectivity index (χ0n) is 36.8. The molecule has 1 saturated carbocycles. The van der Waals surface area contributed by atoms with Gasteiger partial charge in [-0.1, -0.05) is 167 Å². The molecule has 0 heterocycles. The minimum absolute atomic E-state index is 0.101. The summed E-state index contributed by atoms with van der Waals surface area (Å²) < 4.78 is 33.5. The SMILES string of the molecule is CCCCCCC/C=C/CCCCCCCC(=O)OC[C@H](COP(=O)(O)OC1C(O)C(O)C(O)[C@H](O)C1O)OC(=O)CCCCCCCCCCCCCCCCCC. The van der Waals surface area contributed by atoms with Crippen molar-refractivity contribution >= 4 is 19.8 Å². The Hall–Kier alpha value is -1.41. The second-order valence-corrected chi connectivity index (χ2v) is 18.0. The molecule has 0 bridgehead atoms. The molecule has 1 aliphatic carbocycles. The number of phosphoric acid groups is 1. The summed E-state index contributed by atoms with van der Waals surface area (Å²) in [5.41, 5.74) is 0. The molecule has 1 rings (SSSR count). The molecule has 1 fully saturated rings. The Morgan fingerprint density at radius 2 is 0.864 bits per heavy atom. The molecule has 0 amide bonds. The van der Waals surface area contributed by atoms with E-state index in [1.807, 2.05) is 0 Å². The Morgan fingerprint density at radius 3 is 1.29 bits per heavy atom. The molecule has 0 radical (unpaired) electrons. The lowest BCUT2D eigenvalue weighted by Gasteiger charge is -2.41. The summed E-state index contributed by atoms with van der Waals surface area (Å²) in [4.78, 5) is 35.7. The molecular formula is C45H85O13P. The minimum atomic E-state index is -5.11. The van der Waals surface area contributed by atoms with E-state index in [4.69, 9.17) is 18.5 Å². The highest BCUT2D eigenvalue weighted by molar-refractivity contribution is 7.47. The summed E-state index contributed by atoms with van der Waals surface area (Å²) >= 11 is 0. The standard InChI is InChI=1S/C45H85O13P/c1-3-5-7-9-11-13-15-17-19-20-22-24-26-28-30-32-34-39(47)57-37(36-56-59(53,54)58-45-43(51)41(49)40(48)42(50)44(45)52)35-55-38(46)33-31-29-27-25-23-21-18-16-14-12-10-8-6-4-2/h16,18,37,40-45,48-52H,3-15,17,19-36H2,1-2H3,(H,53,54)/b18-16+/t37-,40?,41+,42?,43?,44?,45?/m1/s1. The van der Waals surface area contributed by atoms with Crippen LogP contribution in [-0.2, 0) is 32.7 Å². The molecule has 14 heteroatoms. The van der Waals surface area contributed by atoms with Gasteiger partial charge in [-0.3, -0.25) is 18.6 Å².